The number of rotatable bonds is 1. The normalized spacial score (nSPS) is 11.5. The van der Waals surface area contributed by atoms with E-state index in [4.69, 9.17) is 4.52 Å². The highest BCUT2D eigenvalue weighted by atomic mass is 16.5. The lowest BCUT2D eigenvalue weighted by Crippen LogP contribution is -2.21. The Balaban J connectivity index is 2.31. The standard InChI is InChI=1S/C19H17N3O2/c1-10-16(13-6-5-7-20-9-13)15-8-14-12(3)21-24-18(14)11(2)17(15)22(4)19(10)23/h5-9H,1-4H3. The lowest BCUT2D eigenvalue weighted by molar-refractivity contribution is 0.449. The molecule has 0 saturated carbocycles. The Bertz CT molecular complexity index is 1150. The lowest BCUT2D eigenvalue weighted by atomic mass is 9.94. The summed E-state index contributed by atoms with van der Waals surface area (Å²) >= 11 is 0. The molecule has 0 unspecified atom stereocenters. The van der Waals surface area contributed by atoms with Gasteiger partial charge < -0.3 is 9.09 Å². The van der Waals surface area contributed by atoms with E-state index >= 15 is 0 Å². The first-order valence-electron chi connectivity index (χ1n) is 7.80. The minimum Gasteiger partial charge on any atom is -0.356 e. The first-order valence-corrected chi connectivity index (χ1v) is 7.80. The predicted molar refractivity (Wildman–Crippen MR) is 94.2 cm³/mol. The molecule has 5 heteroatoms. The monoisotopic (exact) mass is 319 g/mol. The number of nitrogens with zero attached hydrogens (tertiary/aromatic N) is 3. The molecule has 0 spiro atoms. The zero-order valence-corrected chi connectivity index (χ0v) is 14.0. The lowest BCUT2D eigenvalue weighted by Gasteiger charge is -2.15. The van der Waals surface area contributed by atoms with Crippen molar-refractivity contribution in [3.63, 3.8) is 0 Å². The molecule has 0 bridgehead atoms. The van der Waals surface area contributed by atoms with Crippen molar-refractivity contribution in [3.05, 3.63) is 57.8 Å². The van der Waals surface area contributed by atoms with Gasteiger partial charge in [0.15, 0.2) is 5.58 Å². The summed E-state index contributed by atoms with van der Waals surface area (Å²) in [6.07, 6.45) is 3.52. The molecule has 3 heterocycles. The molecule has 0 amide bonds. The van der Waals surface area contributed by atoms with E-state index in [0.29, 0.717) is 5.56 Å². The molecule has 4 aromatic rings. The second-order valence-corrected chi connectivity index (χ2v) is 6.15. The molecule has 1 aromatic carbocycles. The first kappa shape index (κ1) is 14.6. The van der Waals surface area contributed by atoms with E-state index in [1.807, 2.05) is 32.9 Å². The number of benzene rings is 1. The first-order chi connectivity index (χ1) is 11.5. The second kappa shape index (κ2) is 5.03. The Labute approximate surface area is 138 Å². The van der Waals surface area contributed by atoms with E-state index in [1.54, 1.807) is 24.0 Å². The highest BCUT2D eigenvalue weighted by Gasteiger charge is 2.19. The van der Waals surface area contributed by atoms with Crippen LogP contribution < -0.4 is 5.56 Å². The molecule has 0 aliphatic rings. The van der Waals surface area contributed by atoms with E-state index in [9.17, 15) is 4.79 Å². The summed E-state index contributed by atoms with van der Waals surface area (Å²) in [4.78, 5) is 17.0. The van der Waals surface area contributed by atoms with Crippen LogP contribution in [0.5, 0.6) is 0 Å². The van der Waals surface area contributed by atoms with Gasteiger partial charge in [-0.1, -0.05) is 11.2 Å². The van der Waals surface area contributed by atoms with Crippen LogP contribution in [0, 0.1) is 20.8 Å². The molecule has 0 fully saturated rings. The van der Waals surface area contributed by atoms with Crippen LogP contribution >= 0.6 is 0 Å². The molecule has 0 atom stereocenters. The van der Waals surface area contributed by atoms with Crippen LogP contribution in [0.15, 0.2) is 39.9 Å². The van der Waals surface area contributed by atoms with E-state index < -0.39 is 0 Å². The third-order valence-corrected chi connectivity index (χ3v) is 4.70. The van der Waals surface area contributed by atoms with Crippen molar-refractivity contribution in [2.75, 3.05) is 0 Å². The smallest absolute Gasteiger partial charge is 0.254 e. The summed E-state index contributed by atoms with van der Waals surface area (Å²) in [5.74, 6) is 0. The zero-order chi connectivity index (χ0) is 17.0. The van der Waals surface area contributed by atoms with Gasteiger partial charge in [0.25, 0.3) is 5.56 Å². The fraction of sp³-hybridized carbons (Fsp3) is 0.211. The summed E-state index contributed by atoms with van der Waals surface area (Å²) in [6, 6.07) is 5.93. The molecular formula is C19H17N3O2. The van der Waals surface area contributed by atoms with Gasteiger partial charge in [-0.15, -0.1) is 0 Å². The molecule has 0 aliphatic carbocycles. The third kappa shape index (κ3) is 1.84. The molecule has 4 rings (SSSR count). The van der Waals surface area contributed by atoms with Crippen molar-refractivity contribution in [1.29, 1.82) is 0 Å². The van der Waals surface area contributed by atoms with Crippen LogP contribution in [0.25, 0.3) is 33.0 Å². The fourth-order valence-corrected chi connectivity index (χ4v) is 3.51. The van der Waals surface area contributed by atoms with Gasteiger partial charge >= 0.3 is 0 Å². The van der Waals surface area contributed by atoms with Gasteiger partial charge in [-0.3, -0.25) is 9.78 Å². The molecule has 0 saturated heterocycles. The highest BCUT2D eigenvalue weighted by Crippen LogP contribution is 2.35. The summed E-state index contributed by atoms with van der Waals surface area (Å²) in [6.45, 7) is 5.76. The van der Waals surface area contributed by atoms with Gasteiger partial charge in [0, 0.05) is 52.5 Å². The van der Waals surface area contributed by atoms with Gasteiger partial charge in [0.2, 0.25) is 0 Å². The molecule has 5 nitrogen and oxygen atoms in total. The van der Waals surface area contributed by atoms with Crippen molar-refractivity contribution in [1.82, 2.24) is 14.7 Å². The number of pyridine rings is 2. The van der Waals surface area contributed by atoms with Gasteiger partial charge in [-0.25, -0.2) is 0 Å². The highest BCUT2D eigenvalue weighted by molar-refractivity contribution is 6.05. The Morgan fingerprint density at radius 1 is 1.12 bits per heavy atom. The van der Waals surface area contributed by atoms with E-state index in [0.717, 1.165) is 44.3 Å². The Kier molecular flexibility index (Phi) is 3.06. The molecule has 24 heavy (non-hydrogen) atoms. The van der Waals surface area contributed by atoms with Crippen molar-refractivity contribution in [2.24, 2.45) is 7.05 Å². The number of aromatic nitrogens is 3. The molecular weight excluding hydrogens is 302 g/mol. The van der Waals surface area contributed by atoms with E-state index in [-0.39, 0.29) is 5.56 Å². The minimum atomic E-state index is -0.0139. The van der Waals surface area contributed by atoms with Crippen LogP contribution in [0.4, 0.5) is 0 Å². The summed E-state index contributed by atoms with van der Waals surface area (Å²) in [7, 11) is 1.80. The maximum atomic E-state index is 12.8. The van der Waals surface area contributed by atoms with Crippen molar-refractivity contribution < 1.29 is 4.52 Å². The Morgan fingerprint density at radius 3 is 2.62 bits per heavy atom. The number of hydrogen-bond acceptors (Lipinski definition) is 4. The van der Waals surface area contributed by atoms with Gasteiger partial charge in [0.1, 0.15) is 0 Å². The Morgan fingerprint density at radius 2 is 1.92 bits per heavy atom. The van der Waals surface area contributed by atoms with Crippen LogP contribution in [0.3, 0.4) is 0 Å². The van der Waals surface area contributed by atoms with Crippen LogP contribution in [-0.4, -0.2) is 14.7 Å². The number of aryl methyl sites for hydroxylation is 3. The number of fused-ring (bicyclic) bond motifs is 2. The van der Waals surface area contributed by atoms with E-state index in [1.165, 1.54) is 0 Å². The maximum absolute atomic E-state index is 12.8. The SMILES string of the molecule is Cc1c(-c2cccnc2)c2cc3c(C)noc3c(C)c2n(C)c1=O. The molecule has 3 aromatic heterocycles. The third-order valence-electron chi connectivity index (χ3n) is 4.70. The predicted octanol–water partition coefficient (Wildman–Crippen LogP) is 3.67. The molecule has 0 N–H and O–H groups in total. The summed E-state index contributed by atoms with van der Waals surface area (Å²) in [5, 5.41) is 6.07. The molecule has 120 valence electrons. The quantitative estimate of drug-likeness (QED) is 0.537. The molecule has 0 radical (unpaired) electrons. The van der Waals surface area contributed by atoms with Crippen molar-refractivity contribution >= 4 is 21.9 Å². The van der Waals surface area contributed by atoms with Gasteiger partial charge in [0.05, 0.1) is 11.2 Å². The Hall–Kier alpha value is -2.95. The van der Waals surface area contributed by atoms with E-state index in [2.05, 4.69) is 16.2 Å². The summed E-state index contributed by atoms with van der Waals surface area (Å²) < 4.78 is 7.17. The van der Waals surface area contributed by atoms with Crippen LogP contribution in [0.1, 0.15) is 16.8 Å². The van der Waals surface area contributed by atoms with Crippen LogP contribution in [0.2, 0.25) is 0 Å². The fourth-order valence-electron chi connectivity index (χ4n) is 3.51. The minimum absolute atomic E-state index is 0.0139. The average molecular weight is 319 g/mol. The second-order valence-electron chi connectivity index (χ2n) is 6.15. The van der Waals surface area contributed by atoms with Crippen LogP contribution in [-0.2, 0) is 7.05 Å². The largest absolute Gasteiger partial charge is 0.356 e. The van der Waals surface area contributed by atoms with Crippen molar-refractivity contribution in [3.8, 4) is 11.1 Å². The number of hydrogen-bond donors (Lipinski definition) is 0. The zero-order valence-electron chi connectivity index (χ0n) is 14.0. The average Bonchev–Trinajstić information content (AvgIpc) is 2.95. The topological polar surface area (TPSA) is 60.9 Å². The molecule has 0 aliphatic heterocycles. The van der Waals surface area contributed by atoms with Gasteiger partial charge in [-0.2, -0.15) is 0 Å². The summed E-state index contributed by atoms with van der Waals surface area (Å²) in [5.41, 5.74) is 5.93. The maximum Gasteiger partial charge on any atom is 0.254 e. The van der Waals surface area contributed by atoms with Gasteiger partial charge in [-0.05, 0) is 32.9 Å². The van der Waals surface area contributed by atoms with Crippen molar-refractivity contribution in [2.45, 2.75) is 20.8 Å².